The first-order valence-corrected chi connectivity index (χ1v) is 10.5. The first kappa shape index (κ1) is 23.3. The first-order chi connectivity index (χ1) is 15.3. The summed E-state index contributed by atoms with van der Waals surface area (Å²) in [6.45, 7) is 10.1. The van der Waals surface area contributed by atoms with Crippen molar-refractivity contribution in [2.45, 2.75) is 33.2 Å². The Kier molecular flexibility index (Phi) is 7.50. The molecule has 2 heterocycles. The molecule has 0 bridgehead atoms. The van der Waals surface area contributed by atoms with Crippen LogP contribution in [0.3, 0.4) is 0 Å². The molecule has 3 N–H and O–H groups in total. The number of rotatable bonds is 9. The third-order valence-corrected chi connectivity index (χ3v) is 4.81. The number of carbonyl (C=O) groups is 1. The Morgan fingerprint density at radius 3 is 2.66 bits per heavy atom. The van der Waals surface area contributed by atoms with Gasteiger partial charge in [-0.05, 0) is 32.9 Å². The highest BCUT2D eigenvalue weighted by Crippen LogP contribution is 2.30. The molecule has 0 radical (unpaired) electrons. The number of amides is 1. The van der Waals surface area contributed by atoms with Gasteiger partial charge in [0.1, 0.15) is 11.6 Å². The largest absolute Gasteiger partial charge is 0.353 e. The molecule has 32 heavy (non-hydrogen) atoms. The summed E-state index contributed by atoms with van der Waals surface area (Å²) in [6.07, 6.45) is 2.25. The lowest BCUT2D eigenvalue weighted by atomic mass is 10.1. The van der Waals surface area contributed by atoms with Gasteiger partial charge in [-0.2, -0.15) is 5.10 Å². The smallest absolute Gasteiger partial charge is 0.276 e. The van der Waals surface area contributed by atoms with Crippen LogP contribution in [0.2, 0.25) is 5.02 Å². The maximum atomic E-state index is 12.3. The van der Waals surface area contributed by atoms with Crippen LogP contribution in [-0.4, -0.2) is 27.8 Å². The van der Waals surface area contributed by atoms with Gasteiger partial charge in [-0.25, -0.2) is 15.1 Å². The number of para-hydroxylation sites is 1. The van der Waals surface area contributed by atoms with Gasteiger partial charge in [0.25, 0.3) is 5.91 Å². The predicted molar refractivity (Wildman–Crippen MR) is 128 cm³/mol. The number of nitrogens with one attached hydrogen (secondary N) is 3. The third kappa shape index (κ3) is 5.66. The SMILES string of the molecule is C=C(C)Cc1cc(Nc2cc(Nc3ccccc3C(=O)NOC)c(Cl)cn2)n(C(C)C)n1. The minimum absolute atomic E-state index is 0.160. The number of anilines is 4. The van der Waals surface area contributed by atoms with Crippen LogP contribution in [0, 0.1) is 0 Å². The monoisotopic (exact) mass is 454 g/mol. The first-order valence-electron chi connectivity index (χ1n) is 10.1. The van der Waals surface area contributed by atoms with E-state index in [9.17, 15) is 4.79 Å². The fraction of sp³-hybridized carbons (Fsp3) is 0.261. The molecule has 168 valence electrons. The highest BCUT2D eigenvalue weighted by Gasteiger charge is 2.15. The molecule has 3 aromatic rings. The van der Waals surface area contributed by atoms with E-state index in [-0.39, 0.29) is 11.9 Å². The van der Waals surface area contributed by atoms with Crippen molar-refractivity contribution in [1.29, 1.82) is 0 Å². The van der Waals surface area contributed by atoms with E-state index in [2.05, 4.69) is 46.6 Å². The van der Waals surface area contributed by atoms with Crippen molar-refractivity contribution in [2.24, 2.45) is 0 Å². The second-order valence-corrected chi connectivity index (χ2v) is 8.08. The number of nitrogens with zero attached hydrogens (tertiary/aromatic N) is 3. The zero-order chi connectivity index (χ0) is 23.3. The molecule has 0 aliphatic rings. The standard InChI is InChI=1S/C23H27ClN6O2/c1-14(2)10-16-11-22(30(28-16)15(3)4)27-21-12-20(18(24)13-25-21)26-19-9-7-6-8-17(19)23(31)29-32-5/h6-9,11-13,15H,1,10H2,2-5H3,(H,29,31)(H2,25,26,27). The number of benzene rings is 1. The molecular weight excluding hydrogens is 428 g/mol. The van der Waals surface area contributed by atoms with Crippen LogP contribution in [0.4, 0.5) is 23.0 Å². The zero-order valence-electron chi connectivity index (χ0n) is 18.6. The van der Waals surface area contributed by atoms with E-state index in [0.717, 1.165) is 17.1 Å². The van der Waals surface area contributed by atoms with E-state index in [0.29, 0.717) is 34.2 Å². The number of halogens is 1. The highest BCUT2D eigenvalue weighted by molar-refractivity contribution is 6.33. The molecular formula is C23H27ClN6O2. The third-order valence-electron chi connectivity index (χ3n) is 4.51. The van der Waals surface area contributed by atoms with Gasteiger partial charge in [0.05, 0.1) is 41.0 Å². The molecule has 2 aromatic heterocycles. The van der Waals surface area contributed by atoms with Crippen molar-refractivity contribution in [3.05, 3.63) is 71.0 Å². The lowest BCUT2D eigenvalue weighted by molar-refractivity contribution is 0.0538. The molecule has 9 heteroatoms. The van der Waals surface area contributed by atoms with Crippen LogP contribution in [0.1, 0.15) is 42.9 Å². The number of carbonyl (C=O) groups excluding carboxylic acids is 1. The normalized spacial score (nSPS) is 10.8. The van der Waals surface area contributed by atoms with Gasteiger partial charge >= 0.3 is 0 Å². The number of allylic oxidation sites excluding steroid dienone is 1. The number of hydrogen-bond acceptors (Lipinski definition) is 6. The quantitative estimate of drug-likeness (QED) is 0.295. The predicted octanol–water partition coefficient (Wildman–Crippen LogP) is 5.41. The maximum absolute atomic E-state index is 12.3. The van der Waals surface area contributed by atoms with E-state index >= 15 is 0 Å². The van der Waals surface area contributed by atoms with Gasteiger partial charge in [-0.15, -0.1) is 0 Å². The summed E-state index contributed by atoms with van der Waals surface area (Å²) >= 11 is 6.38. The minimum atomic E-state index is -0.370. The van der Waals surface area contributed by atoms with Gasteiger partial charge in [-0.3, -0.25) is 9.63 Å². The van der Waals surface area contributed by atoms with Crippen LogP contribution in [0.5, 0.6) is 0 Å². The molecule has 0 saturated carbocycles. The Morgan fingerprint density at radius 2 is 1.97 bits per heavy atom. The molecule has 0 aliphatic heterocycles. The molecule has 0 unspecified atom stereocenters. The number of aromatic nitrogens is 3. The van der Waals surface area contributed by atoms with Gasteiger partial charge in [0.15, 0.2) is 0 Å². The van der Waals surface area contributed by atoms with Crippen molar-refractivity contribution >= 4 is 40.5 Å². The summed E-state index contributed by atoms with van der Waals surface area (Å²) in [5, 5.41) is 11.6. The van der Waals surface area contributed by atoms with Gasteiger partial charge in [0.2, 0.25) is 0 Å². The van der Waals surface area contributed by atoms with Crippen molar-refractivity contribution in [3.8, 4) is 0 Å². The Balaban J connectivity index is 1.89. The van der Waals surface area contributed by atoms with Gasteiger partial charge < -0.3 is 10.6 Å². The number of hydroxylamine groups is 1. The molecule has 1 aromatic carbocycles. The van der Waals surface area contributed by atoms with Gasteiger partial charge in [-0.1, -0.05) is 35.9 Å². The van der Waals surface area contributed by atoms with E-state index in [1.165, 1.54) is 7.11 Å². The lowest BCUT2D eigenvalue weighted by Crippen LogP contribution is -2.22. The molecule has 0 spiro atoms. The van der Waals surface area contributed by atoms with Crippen LogP contribution < -0.4 is 16.1 Å². The Bertz CT molecular complexity index is 1130. The number of pyridine rings is 1. The number of hydrogen-bond donors (Lipinski definition) is 3. The summed E-state index contributed by atoms with van der Waals surface area (Å²) in [4.78, 5) is 21.4. The van der Waals surface area contributed by atoms with E-state index in [4.69, 9.17) is 16.4 Å². The van der Waals surface area contributed by atoms with Crippen LogP contribution in [0.25, 0.3) is 0 Å². The summed E-state index contributed by atoms with van der Waals surface area (Å²) < 4.78 is 1.91. The van der Waals surface area contributed by atoms with Gasteiger partial charge in [0, 0.05) is 24.6 Å². The molecule has 3 rings (SSSR count). The second-order valence-electron chi connectivity index (χ2n) is 7.67. The zero-order valence-corrected chi connectivity index (χ0v) is 19.3. The maximum Gasteiger partial charge on any atom is 0.276 e. The molecule has 1 amide bonds. The highest BCUT2D eigenvalue weighted by atomic mass is 35.5. The topological polar surface area (TPSA) is 93.1 Å². The molecule has 0 aliphatic carbocycles. The van der Waals surface area contributed by atoms with Crippen LogP contribution in [-0.2, 0) is 11.3 Å². The van der Waals surface area contributed by atoms with Crippen LogP contribution >= 0.6 is 11.6 Å². The molecule has 8 nitrogen and oxygen atoms in total. The molecule has 0 fully saturated rings. The Hall–Kier alpha value is -3.36. The van der Waals surface area contributed by atoms with E-state index in [1.807, 2.05) is 23.7 Å². The molecule has 0 saturated heterocycles. The summed E-state index contributed by atoms with van der Waals surface area (Å²) in [5.41, 5.74) is 5.89. The fourth-order valence-corrected chi connectivity index (χ4v) is 3.30. The van der Waals surface area contributed by atoms with E-state index < -0.39 is 0 Å². The average molecular weight is 455 g/mol. The van der Waals surface area contributed by atoms with Crippen molar-refractivity contribution < 1.29 is 9.63 Å². The Labute approximate surface area is 192 Å². The second kappa shape index (κ2) is 10.3. The van der Waals surface area contributed by atoms with E-state index in [1.54, 1.807) is 30.5 Å². The summed E-state index contributed by atoms with van der Waals surface area (Å²) in [5.74, 6) is 1.03. The summed E-state index contributed by atoms with van der Waals surface area (Å²) in [6, 6.07) is 11.0. The lowest BCUT2D eigenvalue weighted by Gasteiger charge is -2.15. The van der Waals surface area contributed by atoms with Crippen LogP contribution in [0.15, 0.2) is 54.7 Å². The fourth-order valence-electron chi connectivity index (χ4n) is 3.14. The molecule has 0 atom stereocenters. The van der Waals surface area contributed by atoms with Crippen molar-refractivity contribution in [3.63, 3.8) is 0 Å². The van der Waals surface area contributed by atoms with Crippen molar-refractivity contribution in [1.82, 2.24) is 20.2 Å². The minimum Gasteiger partial charge on any atom is -0.353 e. The van der Waals surface area contributed by atoms with Crippen molar-refractivity contribution in [2.75, 3.05) is 17.7 Å². The Morgan fingerprint density at radius 1 is 1.22 bits per heavy atom. The summed E-state index contributed by atoms with van der Waals surface area (Å²) in [7, 11) is 1.38. The average Bonchev–Trinajstić information content (AvgIpc) is 3.12.